The van der Waals surface area contributed by atoms with E-state index in [-0.39, 0.29) is 17.7 Å². The predicted molar refractivity (Wildman–Crippen MR) is 129 cm³/mol. The summed E-state index contributed by atoms with van der Waals surface area (Å²) in [6.45, 7) is 4.02. The van der Waals surface area contributed by atoms with Crippen LogP contribution in [0.2, 0.25) is 0 Å². The van der Waals surface area contributed by atoms with Crippen LogP contribution in [0.15, 0.2) is 72.8 Å². The molecule has 1 N–H and O–H groups in total. The highest BCUT2D eigenvalue weighted by molar-refractivity contribution is 7.21. The molecule has 0 aliphatic rings. The molecular formula is C27H22O5S. The second-order valence-electron chi connectivity index (χ2n) is 7.04. The molecule has 1 heterocycles. The second-order valence-corrected chi connectivity index (χ2v) is 8.09. The number of phenols is 1. The average Bonchev–Trinajstić information content (AvgIpc) is 3.17. The zero-order valence-electron chi connectivity index (χ0n) is 18.2. The topological polar surface area (TPSA) is 80.7 Å². The molecular weight excluding hydrogens is 436 g/mol. The summed E-state index contributed by atoms with van der Waals surface area (Å²) in [5.74, 6) is 1.30. The van der Waals surface area contributed by atoms with Gasteiger partial charge in [0.1, 0.15) is 16.4 Å². The van der Waals surface area contributed by atoms with Crippen molar-refractivity contribution in [3.05, 3.63) is 94.4 Å². The quantitative estimate of drug-likeness (QED) is 0.328. The van der Waals surface area contributed by atoms with E-state index in [0.717, 1.165) is 27.6 Å². The summed E-state index contributed by atoms with van der Waals surface area (Å²) >= 11 is 1.35. The number of hydrogen-bond donors (Lipinski definition) is 1. The molecule has 0 unspecified atom stereocenters. The van der Waals surface area contributed by atoms with Gasteiger partial charge in [-0.2, -0.15) is 9.59 Å². The van der Waals surface area contributed by atoms with Crippen molar-refractivity contribution in [2.45, 2.75) is 20.3 Å². The van der Waals surface area contributed by atoms with E-state index < -0.39 is 0 Å². The van der Waals surface area contributed by atoms with E-state index in [1.54, 1.807) is 18.2 Å². The highest BCUT2D eigenvalue weighted by Gasteiger charge is 2.23. The van der Waals surface area contributed by atoms with Gasteiger partial charge in [0, 0.05) is 15.6 Å². The van der Waals surface area contributed by atoms with Crippen molar-refractivity contribution in [3.8, 4) is 17.2 Å². The summed E-state index contributed by atoms with van der Waals surface area (Å²) in [4.78, 5) is 30.3. The van der Waals surface area contributed by atoms with Crippen LogP contribution in [-0.4, -0.2) is 17.0 Å². The largest absolute Gasteiger partial charge is 0.508 e. The molecule has 5 nitrogen and oxygen atoms in total. The summed E-state index contributed by atoms with van der Waals surface area (Å²) in [5.41, 5.74) is 2.77. The van der Waals surface area contributed by atoms with Crippen LogP contribution in [0.5, 0.6) is 17.2 Å². The number of phenolic OH excluding ortho intramolecular Hbond substituents is 1. The fraction of sp³-hybridized carbons (Fsp3) is 0.111. The third-order valence-electron chi connectivity index (χ3n) is 4.94. The Balaban J connectivity index is 0.000000968. The van der Waals surface area contributed by atoms with E-state index in [1.807, 2.05) is 74.5 Å². The first-order valence-electron chi connectivity index (χ1n) is 10.3. The molecule has 0 saturated heterocycles. The van der Waals surface area contributed by atoms with Gasteiger partial charge in [-0.3, -0.25) is 4.79 Å². The fourth-order valence-corrected chi connectivity index (χ4v) is 4.56. The van der Waals surface area contributed by atoms with Crippen LogP contribution in [0.1, 0.15) is 40.2 Å². The Labute approximate surface area is 195 Å². The normalized spacial score (nSPS) is 10.5. The average molecular weight is 459 g/mol. The maximum Gasteiger partial charge on any atom is 0.373 e. The van der Waals surface area contributed by atoms with Gasteiger partial charge in [-0.15, -0.1) is 11.3 Å². The Morgan fingerprint density at radius 2 is 1.76 bits per heavy atom. The molecule has 0 aliphatic carbocycles. The number of allylic oxidation sites excluding steroid dienone is 1. The molecule has 0 saturated carbocycles. The number of hydrogen-bond acceptors (Lipinski definition) is 6. The third-order valence-corrected chi connectivity index (χ3v) is 6.07. The molecule has 0 fully saturated rings. The van der Waals surface area contributed by atoms with Crippen molar-refractivity contribution in [3.63, 3.8) is 0 Å². The maximum absolute atomic E-state index is 13.5. The van der Waals surface area contributed by atoms with Crippen LogP contribution >= 0.6 is 11.3 Å². The lowest BCUT2D eigenvalue weighted by atomic mass is 10.0. The van der Waals surface area contributed by atoms with Crippen LogP contribution in [-0.2, 0) is 16.0 Å². The number of aryl methyl sites for hydroxylation is 1. The van der Waals surface area contributed by atoms with Crippen LogP contribution < -0.4 is 4.74 Å². The molecule has 6 heteroatoms. The highest BCUT2D eigenvalue weighted by Crippen LogP contribution is 2.43. The molecule has 166 valence electrons. The van der Waals surface area contributed by atoms with Gasteiger partial charge in [-0.25, -0.2) is 0 Å². The fourth-order valence-electron chi connectivity index (χ4n) is 3.44. The van der Waals surface area contributed by atoms with Crippen molar-refractivity contribution in [2.24, 2.45) is 0 Å². The predicted octanol–water partition coefficient (Wildman–Crippen LogP) is 6.64. The van der Waals surface area contributed by atoms with Crippen LogP contribution in [0, 0.1) is 0 Å². The Morgan fingerprint density at radius 1 is 1.06 bits per heavy atom. The maximum atomic E-state index is 13.5. The van der Waals surface area contributed by atoms with Gasteiger partial charge in [0.15, 0.2) is 5.75 Å². The van der Waals surface area contributed by atoms with Crippen molar-refractivity contribution < 1.29 is 24.2 Å². The number of carbonyl (C=O) groups is 1. The molecule has 4 rings (SSSR count). The summed E-state index contributed by atoms with van der Waals surface area (Å²) in [6.07, 6.45) is 5.02. The molecule has 4 aromatic rings. The van der Waals surface area contributed by atoms with Gasteiger partial charge in [-0.1, -0.05) is 55.5 Å². The first kappa shape index (κ1) is 23.7. The monoisotopic (exact) mass is 458 g/mol. The Bertz CT molecular complexity index is 1330. The minimum absolute atomic E-state index is 0.0614. The smallest absolute Gasteiger partial charge is 0.373 e. The van der Waals surface area contributed by atoms with Crippen molar-refractivity contribution in [1.82, 2.24) is 0 Å². The molecule has 3 aromatic carbocycles. The Morgan fingerprint density at radius 3 is 2.42 bits per heavy atom. The van der Waals surface area contributed by atoms with E-state index >= 15 is 0 Å². The van der Waals surface area contributed by atoms with Crippen molar-refractivity contribution in [1.29, 1.82) is 0 Å². The van der Waals surface area contributed by atoms with Crippen molar-refractivity contribution in [2.75, 3.05) is 0 Å². The van der Waals surface area contributed by atoms with Gasteiger partial charge in [0.2, 0.25) is 5.78 Å². The van der Waals surface area contributed by atoms with E-state index in [9.17, 15) is 9.90 Å². The van der Waals surface area contributed by atoms with Gasteiger partial charge in [0.05, 0.1) is 0 Å². The van der Waals surface area contributed by atoms with E-state index in [1.165, 1.54) is 11.3 Å². The lowest BCUT2D eigenvalue weighted by molar-refractivity contribution is -0.191. The molecule has 0 spiro atoms. The molecule has 33 heavy (non-hydrogen) atoms. The first-order valence-corrected chi connectivity index (χ1v) is 11.1. The highest BCUT2D eigenvalue weighted by atomic mass is 32.1. The molecule has 0 atom stereocenters. The second kappa shape index (κ2) is 11.0. The SMILES string of the molecule is C/C=C/c1ccc(Oc2c(C(=O)c3ccccc3CC)sc3cc(O)ccc23)cc1.O=C=O. The molecule has 1 aromatic heterocycles. The number of benzene rings is 3. The van der Waals surface area contributed by atoms with E-state index in [0.29, 0.717) is 21.9 Å². The standard InChI is InChI=1S/C26H22O3S.CO2/c1-3-7-17-10-13-20(14-11-17)29-25-22-15-12-19(27)16-23(22)30-26(25)24(28)21-9-6-5-8-18(21)4-2;2-1-3/h3,5-16,27H,4H2,1-2H3;/b7-3+;. The summed E-state index contributed by atoms with van der Waals surface area (Å²) < 4.78 is 7.05. The minimum atomic E-state index is -0.0614. The van der Waals surface area contributed by atoms with Gasteiger partial charge >= 0.3 is 6.15 Å². The Hall–Kier alpha value is -3.99. The Kier molecular flexibility index (Phi) is 7.92. The number of aromatic hydroxyl groups is 1. The number of fused-ring (bicyclic) bond motifs is 1. The number of rotatable bonds is 6. The summed E-state index contributed by atoms with van der Waals surface area (Å²) in [6, 6.07) is 20.5. The molecule has 0 bridgehead atoms. The lowest BCUT2D eigenvalue weighted by Crippen LogP contribution is -2.04. The first-order chi connectivity index (χ1) is 16.0. The van der Waals surface area contributed by atoms with Crippen LogP contribution in [0.4, 0.5) is 0 Å². The number of thiophene rings is 1. The number of ether oxygens (including phenoxy) is 1. The zero-order valence-corrected chi connectivity index (χ0v) is 19.0. The molecule has 0 amide bonds. The zero-order chi connectivity index (χ0) is 23.8. The number of ketones is 1. The van der Waals surface area contributed by atoms with Gasteiger partial charge < -0.3 is 9.84 Å². The van der Waals surface area contributed by atoms with Gasteiger partial charge in [-0.05, 0) is 54.8 Å². The third kappa shape index (κ3) is 5.44. The molecule has 0 aliphatic heterocycles. The van der Waals surface area contributed by atoms with E-state index in [2.05, 4.69) is 0 Å². The minimum Gasteiger partial charge on any atom is -0.508 e. The van der Waals surface area contributed by atoms with E-state index in [4.69, 9.17) is 14.3 Å². The van der Waals surface area contributed by atoms with Crippen LogP contribution in [0.3, 0.4) is 0 Å². The lowest BCUT2D eigenvalue weighted by Gasteiger charge is -2.10. The number of carbonyl (C=O) groups excluding carboxylic acids is 3. The van der Waals surface area contributed by atoms with Gasteiger partial charge in [0.25, 0.3) is 0 Å². The van der Waals surface area contributed by atoms with Crippen molar-refractivity contribution >= 4 is 39.4 Å². The van der Waals surface area contributed by atoms with Crippen LogP contribution in [0.25, 0.3) is 16.2 Å². The summed E-state index contributed by atoms with van der Waals surface area (Å²) in [5, 5.41) is 10.7. The molecule has 0 radical (unpaired) electrons. The summed E-state index contributed by atoms with van der Waals surface area (Å²) in [7, 11) is 0.